The van der Waals surface area contributed by atoms with Crippen molar-refractivity contribution >= 4 is 77.1 Å². The Hall–Kier alpha value is -5.39. The first-order chi connectivity index (χ1) is 54.8. The van der Waals surface area contributed by atoms with Crippen LogP contribution in [0.5, 0.6) is 0 Å². The van der Waals surface area contributed by atoms with Crippen molar-refractivity contribution < 1.29 is 238 Å². The highest BCUT2D eigenvalue weighted by atomic mass is 32.2. The van der Waals surface area contributed by atoms with Crippen LogP contribution in [-0.4, -0.2) is 227 Å². The van der Waals surface area contributed by atoms with Crippen molar-refractivity contribution in [3.05, 3.63) is 0 Å². The molecule has 1 N–H and O–H groups in total. The summed E-state index contributed by atoms with van der Waals surface area (Å²) in [6.07, 6.45) is -39.9. The topological polar surface area (TPSA) is 195 Å². The van der Waals surface area contributed by atoms with Crippen molar-refractivity contribution in [2.75, 3.05) is 54.3 Å². The van der Waals surface area contributed by atoms with Gasteiger partial charge in [-0.3, -0.25) is 33.6 Å². The van der Waals surface area contributed by atoms with Gasteiger partial charge in [0, 0.05) is 54.3 Å². The predicted molar refractivity (Wildman–Crippen MR) is 340 cm³/mol. The normalized spacial score (nSPS) is 24.0. The molecule has 56 heteroatoms. The number of halogens is 39. The molecular weight excluding hydrogens is 1850 g/mol. The number of ether oxygens (including phenoxy) is 6. The number of fused-ring (bicyclic) bond motifs is 5. The summed E-state index contributed by atoms with van der Waals surface area (Å²) in [5.74, 6) is -134. The van der Waals surface area contributed by atoms with E-state index >= 15 is 0 Å². The van der Waals surface area contributed by atoms with Crippen LogP contribution >= 0.6 is 35.3 Å². The highest BCUT2D eigenvalue weighted by Crippen LogP contribution is 2.71. The first-order valence-corrected chi connectivity index (χ1v) is 39.1. The second-order valence-electron chi connectivity index (χ2n) is 29.6. The van der Waals surface area contributed by atoms with Gasteiger partial charge in [0.25, 0.3) is 0 Å². The minimum atomic E-state index is -8.15. The first kappa shape index (κ1) is 109. The van der Waals surface area contributed by atoms with Crippen molar-refractivity contribution in [3.8, 4) is 0 Å². The summed E-state index contributed by atoms with van der Waals surface area (Å²) in [5.41, 5.74) is -2.27. The van der Waals surface area contributed by atoms with Gasteiger partial charge in [-0.05, 0) is 104 Å². The minimum Gasteiger partial charge on any atom is -0.481 e. The molecule has 4 rings (SSSR count). The monoisotopic (exact) mass is 1930 g/mol. The number of carbonyl (C=O) groups is 7. The van der Waals surface area contributed by atoms with Crippen molar-refractivity contribution in [1.82, 2.24) is 0 Å². The number of thioether (sulfide) groups is 3. The standard InChI is InChI=1S/C66H73F39O14S3/c1-31(4-7-39(106)107)34-5-6-35-46-36(30-38(48(34,35)3)119-45(113)13-10-42(110)116-21-27-122-24-18-51(71,72)54(77,78)57(83,84)60(89,90)63(95,96)66(103,104)105)47(2)15-14-33(117-43(111)11-8-40(108)114-19-25-120-22-16-49(67,68)52(73,74)55(79,80)58(85,86)61(91,92)64(97,98)99)28-32(47)29-37(46)118-44(112)12-9-41(109)115-20-26-121-23-17-50(69,70)53(75,76)56(81,82)59(87,88)62(93,94)65(100,101)102/h31-38,46H,4-30H2,1-3H3,(H,106,107)/t31-,32+,33-,34-,35+,36+,37-,38+,46+,47+,48-/m1/s1. The van der Waals surface area contributed by atoms with Gasteiger partial charge in [0.15, 0.2) is 0 Å². The molecule has 0 aromatic rings. The Labute approximate surface area is 676 Å². The molecule has 0 aliphatic heterocycles. The average Bonchev–Trinajstić information content (AvgIpc) is 1.41. The zero-order valence-electron chi connectivity index (χ0n) is 62.5. The third-order valence-corrected chi connectivity index (χ3v) is 24.7. The molecule has 0 bridgehead atoms. The molecule has 0 spiro atoms. The number of alkyl halides is 39. The lowest BCUT2D eigenvalue weighted by Gasteiger charge is -2.64. The third-order valence-electron chi connectivity index (χ3n) is 21.9. The Morgan fingerprint density at radius 3 is 1.00 bits per heavy atom. The van der Waals surface area contributed by atoms with E-state index in [2.05, 4.69) is 0 Å². The van der Waals surface area contributed by atoms with E-state index in [4.69, 9.17) is 28.4 Å². The second kappa shape index (κ2) is 38.5. The Balaban J connectivity index is 1.52. The van der Waals surface area contributed by atoms with E-state index in [9.17, 15) is 210 Å². The van der Waals surface area contributed by atoms with Crippen molar-refractivity contribution in [2.24, 2.45) is 46.3 Å². The van der Waals surface area contributed by atoms with Crippen molar-refractivity contribution in [2.45, 2.75) is 262 Å². The molecule has 0 saturated heterocycles. The molecule has 0 aromatic carbocycles. The highest BCUT2D eigenvalue weighted by Gasteiger charge is 2.94. The third kappa shape index (κ3) is 21.8. The van der Waals surface area contributed by atoms with Gasteiger partial charge >= 0.3 is 149 Å². The molecule has 4 aliphatic carbocycles. The number of hydrogen-bond acceptors (Lipinski definition) is 16. The minimum absolute atomic E-state index is 0.0126. The number of rotatable bonds is 46. The molecule has 0 radical (unpaired) electrons. The Morgan fingerprint density at radius 1 is 0.361 bits per heavy atom. The van der Waals surface area contributed by atoms with Crippen LogP contribution < -0.4 is 0 Å². The number of esters is 6. The smallest absolute Gasteiger partial charge is 0.460 e. The lowest BCUT2D eigenvalue weighted by Crippen LogP contribution is -2.70. The van der Waals surface area contributed by atoms with Crippen LogP contribution in [0.2, 0.25) is 0 Å². The number of hydrogen-bond donors (Lipinski definition) is 1. The lowest BCUT2D eigenvalue weighted by atomic mass is 9.43. The van der Waals surface area contributed by atoms with Gasteiger partial charge in [-0.1, -0.05) is 20.8 Å². The van der Waals surface area contributed by atoms with E-state index < -0.39 is 332 Å². The molecule has 0 aromatic heterocycles. The number of carboxylic acid groups (broad SMARTS) is 1. The molecule has 0 heterocycles. The van der Waals surface area contributed by atoms with Crippen LogP contribution in [0.3, 0.4) is 0 Å². The van der Waals surface area contributed by atoms with Gasteiger partial charge in [0.2, 0.25) is 0 Å². The van der Waals surface area contributed by atoms with Gasteiger partial charge in [-0.25, -0.2) is 0 Å². The maximum Gasteiger partial charge on any atom is 0.460 e. The van der Waals surface area contributed by atoms with Crippen LogP contribution in [-0.2, 0) is 62.0 Å². The fraction of sp³-hybridized carbons (Fsp3) is 0.894. The van der Waals surface area contributed by atoms with E-state index in [0.29, 0.717) is 0 Å². The fourth-order valence-electron chi connectivity index (χ4n) is 15.0. The summed E-state index contributed by atoms with van der Waals surface area (Å²) in [4.78, 5) is 91.4. The van der Waals surface area contributed by atoms with Crippen LogP contribution in [0, 0.1) is 46.3 Å². The quantitative estimate of drug-likeness (QED) is 0.0261. The molecule has 0 amide bonds. The van der Waals surface area contributed by atoms with Gasteiger partial charge in [-0.15, -0.1) is 0 Å². The summed E-state index contributed by atoms with van der Waals surface area (Å²) < 4.78 is 561. The van der Waals surface area contributed by atoms with Gasteiger partial charge in [0.1, 0.15) is 38.1 Å². The van der Waals surface area contributed by atoms with Crippen LogP contribution in [0.4, 0.5) is 171 Å². The van der Waals surface area contributed by atoms with Crippen LogP contribution in [0.1, 0.15) is 136 Å². The van der Waals surface area contributed by atoms with E-state index in [1.807, 2.05) is 0 Å². The maximum absolute atomic E-state index is 14.3. The Bertz CT molecular complexity index is 3580. The van der Waals surface area contributed by atoms with Gasteiger partial charge in [0.05, 0.1) is 38.5 Å². The summed E-state index contributed by atoms with van der Waals surface area (Å²) in [6, 6.07) is 0. The second-order valence-corrected chi connectivity index (χ2v) is 33.2. The summed E-state index contributed by atoms with van der Waals surface area (Å²) in [5, 5.41) is 9.66. The van der Waals surface area contributed by atoms with Gasteiger partial charge in [-0.2, -0.15) is 207 Å². The van der Waals surface area contributed by atoms with E-state index in [-0.39, 0.29) is 86.7 Å². The van der Waals surface area contributed by atoms with Crippen molar-refractivity contribution in [1.29, 1.82) is 0 Å². The van der Waals surface area contributed by atoms with Crippen LogP contribution in [0.25, 0.3) is 0 Å². The van der Waals surface area contributed by atoms with Gasteiger partial charge < -0.3 is 33.5 Å². The molecule has 11 atom stereocenters. The molecular formula is C66H73F39O14S3. The van der Waals surface area contributed by atoms with E-state index in [1.54, 1.807) is 20.8 Å². The average molecular weight is 1930 g/mol. The molecule has 122 heavy (non-hydrogen) atoms. The number of carbonyl (C=O) groups excluding carboxylic acids is 6. The number of carboxylic acids is 1. The Morgan fingerprint density at radius 2 is 0.672 bits per heavy atom. The summed E-state index contributed by atoms with van der Waals surface area (Å²) >= 11 is 0.120. The predicted octanol–water partition coefficient (Wildman–Crippen LogP) is 20.7. The molecule has 4 fully saturated rings. The van der Waals surface area contributed by atoms with E-state index in [0.717, 1.165) is 0 Å². The highest BCUT2D eigenvalue weighted by molar-refractivity contribution is 7.99. The van der Waals surface area contributed by atoms with Crippen LogP contribution in [0.15, 0.2) is 0 Å². The molecule has 4 aliphatic rings. The molecule has 712 valence electrons. The zero-order chi connectivity index (χ0) is 94.7. The van der Waals surface area contributed by atoms with Crippen molar-refractivity contribution in [3.63, 3.8) is 0 Å². The fourth-order valence-corrected chi connectivity index (χ4v) is 17.4. The zero-order valence-corrected chi connectivity index (χ0v) is 65.0. The molecule has 14 nitrogen and oxygen atoms in total. The SMILES string of the molecule is C[C@H](CCC(=O)O)[C@H]1CC[C@H]2[C@@H]3[C@H](OC(=O)CCC(=O)OCCSCCC(F)(F)C(F)(F)C(F)(F)C(F)(F)C(F)(F)C(F)(F)F)C[C@@H]4C[C@H](OC(=O)CCC(=O)OCCSCCC(F)(F)C(F)(F)C(F)(F)C(F)(F)C(F)(F)C(F)(F)F)CC[C@]4(C)[C@H]3C[C@H](OC(=O)CCC(=O)OCCSCCC(F)(F)C(F)(F)C(F)(F)C(F)(F)C(F)(F)C(F)(F)F)[C@]12C. The number of aliphatic carboxylic acids is 1. The van der Waals surface area contributed by atoms with E-state index in [1.165, 1.54) is 0 Å². The molecule has 4 saturated carbocycles. The maximum atomic E-state index is 14.3. The largest absolute Gasteiger partial charge is 0.481 e. The molecule has 0 unspecified atom stereocenters. The summed E-state index contributed by atoms with van der Waals surface area (Å²) in [6.45, 7) is 2.41. The Kier molecular flexibility index (Phi) is 34.4. The first-order valence-electron chi connectivity index (χ1n) is 35.6. The lowest BCUT2D eigenvalue weighted by molar-refractivity contribution is -0.439. The summed E-state index contributed by atoms with van der Waals surface area (Å²) in [7, 11) is 0.